The average Bonchev–Trinajstić information content (AvgIpc) is 3.59. The molecule has 2 heterocycles. The molecule has 0 radical (unpaired) electrons. The first-order chi connectivity index (χ1) is 17.7. The number of rotatable bonds is 10. The molecule has 0 aliphatic rings. The SMILES string of the molecule is CCc1ccc(OCc2nnc(SCc3nnc(-c4ccccc4)o3)n2C(C)c2ccccc2)cc1. The van der Waals surface area contributed by atoms with Crippen LogP contribution in [0.15, 0.2) is 94.5 Å². The summed E-state index contributed by atoms with van der Waals surface area (Å²) in [6, 6.07) is 28.2. The van der Waals surface area contributed by atoms with Crippen molar-refractivity contribution >= 4 is 11.8 Å². The first-order valence-electron chi connectivity index (χ1n) is 11.9. The van der Waals surface area contributed by atoms with Gasteiger partial charge in [0.1, 0.15) is 12.4 Å². The Morgan fingerprint density at radius 1 is 0.861 bits per heavy atom. The molecular weight excluding hydrogens is 470 g/mol. The van der Waals surface area contributed by atoms with Gasteiger partial charge in [-0.2, -0.15) is 0 Å². The molecule has 1 unspecified atom stereocenters. The zero-order chi connectivity index (χ0) is 24.7. The fourth-order valence-electron chi connectivity index (χ4n) is 3.88. The monoisotopic (exact) mass is 497 g/mol. The van der Waals surface area contributed by atoms with E-state index in [2.05, 4.69) is 63.1 Å². The molecule has 0 bridgehead atoms. The highest BCUT2D eigenvalue weighted by molar-refractivity contribution is 7.98. The van der Waals surface area contributed by atoms with Gasteiger partial charge in [0.2, 0.25) is 11.8 Å². The lowest BCUT2D eigenvalue weighted by Gasteiger charge is -2.18. The Balaban J connectivity index is 1.35. The predicted molar refractivity (Wildman–Crippen MR) is 140 cm³/mol. The zero-order valence-electron chi connectivity index (χ0n) is 20.2. The van der Waals surface area contributed by atoms with Gasteiger partial charge >= 0.3 is 0 Å². The van der Waals surface area contributed by atoms with E-state index < -0.39 is 0 Å². The minimum absolute atomic E-state index is 0.0207. The van der Waals surface area contributed by atoms with Crippen molar-refractivity contribution < 1.29 is 9.15 Å². The Morgan fingerprint density at radius 2 is 1.58 bits per heavy atom. The molecule has 8 heteroatoms. The Labute approximate surface area is 214 Å². The molecule has 2 aromatic heterocycles. The normalized spacial score (nSPS) is 11.9. The van der Waals surface area contributed by atoms with Crippen molar-refractivity contribution in [1.82, 2.24) is 25.0 Å². The molecule has 0 saturated heterocycles. The number of nitrogens with zero attached hydrogens (tertiary/aromatic N) is 5. The first kappa shape index (κ1) is 23.8. The Kier molecular flexibility index (Phi) is 7.42. The summed E-state index contributed by atoms with van der Waals surface area (Å²) in [7, 11) is 0. The number of aryl methyl sites for hydroxylation is 1. The van der Waals surface area contributed by atoms with Gasteiger partial charge in [-0.15, -0.1) is 20.4 Å². The van der Waals surface area contributed by atoms with Gasteiger partial charge in [0.05, 0.1) is 11.8 Å². The second-order valence-corrected chi connectivity index (χ2v) is 9.24. The Morgan fingerprint density at radius 3 is 2.31 bits per heavy atom. The van der Waals surface area contributed by atoms with Crippen molar-refractivity contribution in [2.24, 2.45) is 0 Å². The van der Waals surface area contributed by atoms with Gasteiger partial charge in [-0.1, -0.05) is 79.3 Å². The van der Waals surface area contributed by atoms with Crippen LogP contribution >= 0.6 is 11.8 Å². The van der Waals surface area contributed by atoms with E-state index in [1.165, 1.54) is 17.3 Å². The van der Waals surface area contributed by atoms with Crippen LogP contribution in [0.5, 0.6) is 5.75 Å². The summed E-state index contributed by atoms with van der Waals surface area (Å²) >= 11 is 1.52. The Bertz CT molecular complexity index is 1380. The molecule has 0 fully saturated rings. The maximum Gasteiger partial charge on any atom is 0.247 e. The molecule has 5 aromatic rings. The number of ether oxygens (including phenoxy) is 1. The van der Waals surface area contributed by atoms with E-state index in [0.29, 0.717) is 24.1 Å². The van der Waals surface area contributed by atoms with Gasteiger partial charge in [0, 0.05) is 5.56 Å². The summed E-state index contributed by atoms with van der Waals surface area (Å²) in [5.41, 5.74) is 3.34. The molecule has 0 spiro atoms. The van der Waals surface area contributed by atoms with Crippen molar-refractivity contribution in [3.05, 3.63) is 108 Å². The maximum atomic E-state index is 6.07. The summed E-state index contributed by atoms with van der Waals surface area (Å²) in [5.74, 6) is 3.09. The highest BCUT2D eigenvalue weighted by atomic mass is 32.2. The molecule has 0 aliphatic heterocycles. The number of aromatic nitrogens is 5. The fourth-order valence-corrected chi connectivity index (χ4v) is 4.75. The quantitative estimate of drug-likeness (QED) is 0.207. The van der Waals surface area contributed by atoms with Crippen molar-refractivity contribution in [2.45, 2.75) is 43.8 Å². The molecule has 0 amide bonds. The third-order valence-electron chi connectivity index (χ3n) is 5.92. The van der Waals surface area contributed by atoms with Gasteiger partial charge in [-0.25, -0.2) is 0 Å². The topological polar surface area (TPSA) is 78.9 Å². The molecule has 3 aromatic carbocycles. The van der Waals surface area contributed by atoms with E-state index in [4.69, 9.17) is 9.15 Å². The van der Waals surface area contributed by atoms with Gasteiger partial charge in [0.15, 0.2) is 11.0 Å². The zero-order valence-corrected chi connectivity index (χ0v) is 21.1. The minimum Gasteiger partial charge on any atom is -0.486 e. The molecule has 7 nitrogen and oxygen atoms in total. The van der Waals surface area contributed by atoms with Crippen LogP contribution in [0, 0.1) is 0 Å². The second-order valence-electron chi connectivity index (χ2n) is 8.30. The number of benzene rings is 3. The van der Waals surface area contributed by atoms with Crippen LogP contribution in [0.4, 0.5) is 0 Å². The summed E-state index contributed by atoms with van der Waals surface area (Å²) < 4.78 is 14.1. The largest absolute Gasteiger partial charge is 0.486 e. The van der Waals surface area contributed by atoms with Gasteiger partial charge < -0.3 is 9.15 Å². The third kappa shape index (κ3) is 5.49. The molecular formula is C28H27N5O2S. The van der Waals surface area contributed by atoms with Gasteiger partial charge in [0.25, 0.3) is 0 Å². The molecule has 0 N–H and O–H groups in total. The van der Waals surface area contributed by atoms with E-state index in [-0.39, 0.29) is 6.04 Å². The molecule has 0 saturated carbocycles. The molecule has 182 valence electrons. The van der Waals surface area contributed by atoms with Crippen LogP contribution in [-0.2, 0) is 18.8 Å². The van der Waals surface area contributed by atoms with Crippen LogP contribution in [0.1, 0.15) is 42.7 Å². The maximum absolute atomic E-state index is 6.07. The molecule has 0 aliphatic carbocycles. The average molecular weight is 498 g/mol. The summed E-state index contributed by atoms with van der Waals surface area (Å²) in [6.45, 7) is 4.59. The van der Waals surface area contributed by atoms with Crippen LogP contribution in [0.25, 0.3) is 11.5 Å². The van der Waals surface area contributed by atoms with E-state index in [0.717, 1.165) is 34.3 Å². The summed E-state index contributed by atoms with van der Waals surface area (Å²) in [6.07, 6.45) is 0.997. The van der Waals surface area contributed by atoms with Crippen LogP contribution in [0.2, 0.25) is 0 Å². The van der Waals surface area contributed by atoms with Crippen LogP contribution in [0.3, 0.4) is 0 Å². The van der Waals surface area contributed by atoms with Crippen molar-refractivity contribution in [3.63, 3.8) is 0 Å². The number of hydrogen-bond donors (Lipinski definition) is 0. The third-order valence-corrected chi connectivity index (χ3v) is 6.84. The second kappa shape index (κ2) is 11.2. The Hall–Kier alpha value is -3.91. The fraction of sp³-hybridized carbons (Fsp3) is 0.214. The van der Waals surface area contributed by atoms with Crippen LogP contribution < -0.4 is 4.74 Å². The van der Waals surface area contributed by atoms with Crippen LogP contribution in [-0.4, -0.2) is 25.0 Å². The lowest BCUT2D eigenvalue weighted by Crippen LogP contribution is -2.14. The standard InChI is InChI=1S/C28H27N5O2S/c1-3-21-14-16-24(17-15-21)34-18-25-29-32-28(33(25)20(2)22-10-6-4-7-11-22)36-19-26-30-31-27(35-26)23-12-8-5-9-13-23/h4-17,20H,3,18-19H2,1-2H3. The minimum atomic E-state index is 0.0207. The number of hydrogen-bond acceptors (Lipinski definition) is 7. The lowest BCUT2D eigenvalue weighted by molar-refractivity contribution is 0.285. The predicted octanol–water partition coefficient (Wildman–Crippen LogP) is 6.37. The van der Waals surface area contributed by atoms with E-state index in [9.17, 15) is 0 Å². The highest BCUT2D eigenvalue weighted by Gasteiger charge is 2.21. The summed E-state index contributed by atoms with van der Waals surface area (Å²) in [4.78, 5) is 0. The van der Waals surface area contributed by atoms with Crippen molar-refractivity contribution in [3.8, 4) is 17.2 Å². The van der Waals surface area contributed by atoms with Gasteiger partial charge in [-0.3, -0.25) is 4.57 Å². The van der Waals surface area contributed by atoms with E-state index in [1.54, 1.807) is 0 Å². The van der Waals surface area contributed by atoms with Crippen molar-refractivity contribution in [1.29, 1.82) is 0 Å². The smallest absolute Gasteiger partial charge is 0.247 e. The lowest BCUT2D eigenvalue weighted by atomic mass is 10.1. The number of thioether (sulfide) groups is 1. The van der Waals surface area contributed by atoms with E-state index >= 15 is 0 Å². The first-order valence-corrected chi connectivity index (χ1v) is 12.9. The molecule has 5 rings (SSSR count). The summed E-state index contributed by atoms with van der Waals surface area (Å²) in [5, 5.41) is 18.1. The van der Waals surface area contributed by atoms with E-state index in [1.807, 2.05) is 60.7 Å². The van der Waals surface area contributed by atoms with Crippen molar-refractivity contribution in [2.75, 3.05) is 0 Å². The molecule has 36 heavy (non-hydrogen) atoms. The molecule has 1 atom stereocenters. The highest BCUT2D eigenvalue weighted by Crippen LogP contribution is 2.29. The van der Waals surface area contributed by atoms with Gasteiger partial charge in [-0.05, 0) is 48.7 Å².